The summed E-state index contributed by atoms with van der Waals surface area (Å²) in [5, 5.41) is 0. The standard InChI is InChI=1S/C16H21N3/c1-2-12-3-5-13(6-4-12)14-7-8-15-10-18-16(9-17)19(15)11-14/h3-6,10,14H,2,7-9,11,17H2,1H3. The Kier molecular flexibility index (Phi) is 3.38. The van der Waals surface area contributed by atoms with Gasteiger partial charge in [-0.05, 0) is 30.4 Å². The molecule has 100 valence electrons. The van der Waals surface area contributed by atoms with Gasteiger partial charge in [-0.15, -0.1) is 0 Å². The summed E-state index contributed by atoms with van der Waals surface area (Å²) in [6.07, 6.45) is 5.40. The first-order chi connectivity index (χ1) is 9.31. The first kappa shape index (κ1) is 12.4. The molecule has 1 aliphatic rings. The van der Waals surface area contributed by atoms with Crippen LogP contribution >= 0.6 is 0 Å². The van der Waals surface area contributed by atoms with E-state index in [1.165, 1.54) is 23.2 Å². The van der Waals surface area contributed by atoms with E-state index >= 15 is 0 Å². The number of aryl methyl sites for hydroxylation is 2. The maximum absolute atomic E-state index is 5.76. The third-order valence-electron chi connectivity index (χ3n) is 4.21. The van der Waals surface area contributed by atoms with Gasteiger partial charge in [0.05, 0.1) is 6.54 Å². The summed E-state index contributed by atoms with van der Waals surface area (Å²) in [4.78, 5) is 4.41. The summed E-state index contributed by atoms with van der Waals surface area (Å²) in [7, 11) is 0. The van der Waals surface area contributed by atoms with Crippen LogP contribution in [0.3, 0.4) is 0 Å². The lowest BCUT2D eigenvalue weighted by atomic mass is 9.90. The van der Waals surface area contributed by atoms with Crippen molar-refractivity contribution in [3.05, 3.63) is 53.1 Å². The highest BCUT2D eigenvalue weighted by atomic mass is 15.1. The first-order valence-corrected chi connectivity index (χ1v) is 7.14. The highest BCUT2D eigenvalue weighted by molar-refractivity contribution is 5.27. The Morgan fingerprint density at radius 3 is 2.79 bits per heavy atom. The van der Waals surface area contributed by atoms with Crippen LogP contribution in [-0.2, 0) is 25.9 Å². The summed E-state index contributed by atoms with van der Waals surface area (Å²) >= 11 is 0. The fraction of sp³-hybridized carbons (Fsp3) is 0.438. The van der Waals surface area contributed by atoms with Gasteiger partial charge < -0.3 is 10.3 Å². The van der Waals surface area contributed by atoms with Gasteiger partial charge in [0, 0.05) is 24.4 Å². The normalized spacial score (nSPS) is 18.3. The first-order valence-electron chi connectivity index (χ1n) is 7.14. The Morgan fingerprint density at radius 1 is 1.32 bits per heavy atom. The quantitative estimate of drug-likeness (QED) is 0.916. The minimum atomic E-state index is 0.529. The van der Waals surface area contributed by atoms with Crippen LogP contribution in [0.2, 0.25) is 0 Å². The van der Waals surface area contributed by atoms with Gasteiger partial charge in [0.1, 0.15) is 5.82 Å². The van der Waals surface area contributed by atoms with Gasteiger partial charge in [-0.1, -0.05) is 31.2 Å². The van der Waals surface area contributed by atoms with E-state index in [1.807, 2.05) is 6.20 Å². The Hall–Kier alpha value is -1.61. The summed E-state index contributed by atoms with van der Waals surface area (Å²) in [5.41, 5.74) is 9.94. The molecule has 0 fully saturated rings. The number of fused-ring (bicyclic) bond motifs is 1. The summed E-state index contributed by atoms with van der Waals surface area (Å²) in [6, 6.07) is 9.08. The second-order valence-electron chi connectivity index (χ2n) is 5.31. The smallest absolute Gasteiger partial charge is 0.122 e. The van der Waals surface area contributed by atoms with Crippen molar-refractivity contribution in [2.24, 2.45) is 5.73 Å². The lowest BCUT2D eigenvalue weighted by Gasteiger charge is -2.26. The zero-order chi connectivity index (χ0) is 13.2. The minimum Gasteiger partial charge on any atom is -0.330 e. The average molecular weight is 255 g/mol. The van der Waals surface area contributed by atoms with Crippen molar-refractivity contribution in [2.75, 3.05) is 0 Å². The van der Waals surface area contributed by atoms with Gasteiger partial charge in [-0.2, -0.15) is 0 Å². The third-order valence-corrected chi connectivity index (χ3v) is 4.21. The molecule has 19 heavy (non-hydrogen) atoms. The van der Waals surface area contributed by atoms with Gasteiger partial charge >= 0.3 is 0 Å². The highest BCUT2D eigenvalue weighted by Gasteiger charge is 2.22. The Bertz CT molecular complexity index is 540. The van der Waals surface area contributed by atoms with Crippen molar-refractivity contribution in [3.63, 3.8) is 0 Å². The molecule has 0 aliphatic carbocycles. The number of hydrogen-bond acceptors (Lipinski definition) is 2. The number of rotatable bonds is 3. The molecular formula is C16H21N3. The second kappa shape index (κ2) is 5.17. The van der Waals surface area contributed by atoms with Crippen molar-refractivity contribution < 1.29 is 0 Å². The van der Waals surface area contributed by atoms with Crippen molar-refractivity contribution in [1.82, 2.24) is 9.55 Å². The van der Waals surface area contributed by atoms with Crippen LogP contribution in [0.15, 0.2) is 30.5 Å². The van der Waals surface area contributed by atoms with Crippen LogP contribution in [-0.4, -0.2) is 9.55 Å². The van der Waals surface area contributed by atoms with Crippen molar-refractivity contribution in [2.45, 2.75) is 45.2 Å². The average Bonchev–Trinajstić information content (AvgIpc) is 2.89. The summed E-state index contributed by atoms with van der Waals surface area (Å²) in [6.45, 7) is 3.75. The van der Waals surface area contributed by atoms with Crippen LogP contribution in [0.4, 0.5) is 0 Å². The van der Waals surface area contributed by atoms with E-state index in [0.29, 0.717) is 12.5 Å². The van der Waals surface area contributed by atoms with E-state index in [1.54, 1.807) is 0 Å². The molecule has 1 unspecified atom stereocenters. The molecule has 2 aromatic rings. The third kappa shape index (κ3) is 2.30. The summed E-state index contributed by atoms with van der Waals surface area (Å²) in [5.74, 6) is 1.61. The molecule has 2 heterocycles. The zero-order valence-electron chi connectivity index (χ0n) is 11.5. The number of nitrogens with two attached hydrogens (primary N) is 1. The zero-order valence-corrected chi connectivity index (χ0v) is 11.5. The Morgan fingerprint density at radius 2 is 2.11 bits per heavy atom. The molecule has 1 aliphatic heterocycles. The minimum absolute atomic E-state index is 0.529. The molecule has 0 saturated heterocycles. The van der Waals surface area contributed by atoms with Crippen molar-refractivity contribution >= 4 is 0 Å². The van der Waals surface area contributed by atoms with E-state index in [2.05, 4.69) is 40.7 Å². The fourth-order valence-corrected chi connectivity index (χ4v) is 2.97. The SMILES string of the molecule is CCc1ccc(C2CCc3cnc(CN)n3C2)cc1. The lowest BCUT2D eigenvalue weighted by Crippen LogP contribution is -2.21. The van der Waals surface area contributed by atoms with Crippen LogP contribution in [0.25, 0.3) is 0 Å². The molecule has 0 spiro atoms. The number of nitrogens with zero attached hydrogens (tertiary/aromatic N) is 2. The molecule has 3 nitrogen and oxygen atoms in total. The Labute approximate surface area is 114 Å². The fourth-order valence-electron chi connectivity index (χ4n) is 2.97. The van der Waals surface area contributed by atoms with Crippen LogP contribution < -0.4 is 5.73 Å². The van der Waals surface area contributed by atoms with Gasteiger partial charge in [0.2, 0.25) is 0 Å². The maximum atomic E-state index is 5.76. The Balaban J connectivity index is 1.84. The molecule has 0 amide bonds. The largest absolute Gasteiger partial charge is 0.330 e. The van der Waals surface area contributed by atoms with Gasteiger partial charge in [0.25, 0.3) is 0 Å². The van der Waals surface area contributed by atoms with Crippen LogP contribution in [0.1, 0.15) is 41.9 Å². The topological polar surface area (TPSA) is 43.8 Å². The molecule has 0 saturated carbocycles. The molecule has 0 bridgehead atoms. The predicted molar refractivity (Wildman–Crippen MR) is 77.0 cm³/mol. The van der Waals surface area contributed by atoms with Gasteiger partial charge in [0.15, 0.2) is 0 Å². The number of aromatic nitrogens is 2. The molecule has 3 heteroatoms. The van der Waals surface area contributed by atoms with E-state index in [9.17, 15) is 0 Å². The molecule has 1 atom stereocenters. The molecular weight excluding hydrogens is 234 g/mol. The van der Waals surface area contributed by atoms with Crippen molar-refractivity contribution in [1.29, 1.82) is 0 Å². The van der Waals surface area contributed by atoms with Crippen LogP contribution in [0, 0.1) is 0 Å². The second-order valence-corrected chi connectivity index (χ2v) is 5.31. The van der Waals surface area contributed by atoms with E-state index in [-0.39, 0.29) is 0 Å². The molecule has 1 aromatic heterocycles. The molecule has 0 radical (unpaired) electrons. The highest BCUT2D eigenvalue weighted by Crippen LogP contribution is 2.29. The molecule has 3 rings (SSSR count). The van der Waals surface area contributed by atoms with Crippen molar-refractivity contribution in [3.8, 4) is 0 Å². The van der Waals surface area contributed by atoms with Gasteiger partial charge in [-0.25, -0.2) is 4.98 Å². The number of hydrogen-bond donors (Lipinski definition) is 1. The lowest BCUT2D eigenvalue weighted by molar-refractivity contribution is 0.451. The molecule has 2 N–H and O–H groups in total. The monoisotopic (exact) mass is 255 g/mol. The molecule has 1 aromatic carbocycles. The van der Waals surface area contributed by atoms with E-state index < -0.39 is 0 Å². The number of benzene rings is 1. The number of imidazole rings is 1. The van der Waals surface area contributed by atoms with Gasteiger partial charge in [-0.3, -0.25) is 0 Å². The van der Waals surface area contributed by atoms with E-state index in [4.69, 9.17) is 5.73 Å². The predicted octanol–water partition coefficient (Wildman–Crippen LogP) is 2.63. The van der Waals surface area contributed by atoms with E-state index in [0.717, 1.165) is 25.2 Å². The van der Waals surface area contributed by atoms with Crippen LogP contribution in [0.5, 0.6) is 0 Å². The summed E-state index contributed by atoms with van der Waals surface area (Å²) < 4.78 is 2.31. The maximum Gasteiger partial charge on any atom is 0.122 e.